The molecule has 0 saturated carbocycles. The van der Waals surface area contributed by atoms with Gasteiger partial charge >= 0.3 is 0 Å². The molecule has 2 rings (SSSR count). The largest absolute Gasteiger partial charge is 0.372 e. The Labute approximate surface area is 121 Å². The van der Waals surface area contributed by atoms with E-state index in [1.54, 1.807) is 0 Å². The van der Waals surface area contributed by atoms with Crippen molar-refractivity contribution in [3.05, 3.63) is 24.3 Å². The van der Waals surface area contributed by atoms with Crippen molar-refractivity contribution in [3.8, 4) is 0 Å². The highest BCUT2D eigenvalue weighted by atomic mass is 16.1. The zero-order valence-corrected chi connectivity index (χ0v) is 12.5. The quantitative estimate of drug-likeness (QED) is 0.888. The second-order valence-electron chi connectivity index (χ2n) is 6.31. The van der Waals surface area contributed by atoms with Crippen LogP contribution in [0.2, 0.25) is 0 Å². The van der Waals surface area contributed by atoms with Gasteiger partial charge in [0, 0.05) is 36.4 Å². The van der Waals surface area contributed by atoms with Crippen LogP contribution in [0, 0.1) is 0 Å². The summed E-state index contributed by atoms with van der Waals surface area (Å²) in [6.07, 6.45) is 4.19. The van der Waals surface area contributed by atoms with Gasteiger partial charge in [-0.25, -0.2) is 0 Å². The Balaban J connectivity index is 1.92. The van der Waals surface area contributed by atoms with Gasteiger partial charge in [0.2, 0.25) is 5.91 Å². The topological polar surface area (TPSA) is 58.4 Å². The fraction of sp³-hybridized carbons (Fsp3) is 0.562. The van der Waals surface area contributed by atoms with Gasteiger partial charge in [0.15, 0.2) is 0 Å². The van der Waals surface area contributed by atoms with Crippen molar-refractivity contribution in [2.45, 2.75) is 45.1 Å². The number of rotatable bonds is 4. The maximum atomic E-state index is 11.8. The molecule has 0 radical (unpaired) electrons. The molecule has 0 atom stereocenters. The molecule has 0 aliphatic carbocycles. The standard InChI is InChI=1S/C16H25N3O/c1-16(2,17)12-15(20)18-13-6-8-14(9-7-13)19-10-4-3-5-11-19/h6-9H,3-5,10-12,17H2,1-2H3,(H,18,20). The molecule has 1 aromatic carbocycles. The van der Waals surface area contributed by atoms with Crippen LogP contribution in [-0.4, -0.2) is 24.5 Å². The molecule has 1 aliphatic rings. The Hall–Kier alpha value is -1.55. The van der Waals surface area contributed by atoms with Crippen molar-refractivity contribution in [2.75, 3.05) is 23.3 Å². The zero-order chi connectivity index (χ0) is 14.6. The highest BCUT2D eigenvalue weighted by Crippen LogP contribution is 2.22. The Morgan fingerprint density at radius 2 is 1.80 bits per heavy atom. The third-order valence-corrected chi connectivity index (χ3v) is 3.49. The summed E-state index contributed by atoms with van der Waals surface area (Å²) in [6, 6.07) is 8.08. The molecular weight excluding hydrogens is 250 g/mol. The SMILES string of the molecule is CC(C)(N)CC(=O)Nc1ccc(N2CCCCC2)cc1. The van der Waals surface area contributed by atoms with E-state index in [4.69, 9.17) is 5.73 Å². The molecule has 1 aliphatic heterocycles. The minimum atomic E-state index is -0.474. The van der Waals surface area contributed by atoms with E-state index in [1.807, 2.05) is 26.0 Å². The highest BCUT2D eigenvalue weighted by molar-refractivity contribution is 5.91. The molecule has 0 unspecified atom stereocenters. The summed E-state index contributed by atoms with van der Waals surface area (Å²) >= 11 is 0. The number of hydrogen-bond acceptors (Lipinski definition) is 3. The van der Waals surface area contributed by atoms with Crippen LogP contribution >= 0.6 is 0 Å². The van der Waals surface area contributed by atoms with E-state index < -0.39 is 5.54 Å². The number of hydrogen-bond donors (Lipinski definition) is 2. The molecule has 1 fully saturated rings. The monoisotopic (exact) mass is 275 g/mol. The molecule has 3 N–H and O–H groups in total. The van der Waals surface area contributed by atoms with Crippen LogP contribution < -0.4 is 16.0 Å². The van der Waals surface area contributed by atoms with E-state index >= 15 is 0 Å². The van der Waals surface area contributed by atoms with Crippen molar-refractivity contribution in [1.29, 1.82) is 0 Å². The number of carbonyl (C=O) groups is 1. The van der Waals surface area contributed by atoms with E-state index in [9.17, 15) is 4.79 Å². The van der Waals surface area contributed by atoms with E-state index in [2.05, 4.69) is 22.3 Å². The normalized spacial score (nSPS) is 16.1. The summed E-state index contributed by atoms with van der Waals surface area (Å²) in [6.45, 7) is 5.97. The summed E-state index contributed by atoms with van der Waals surface area (Å²) in [4.78, 5) is 14.2. The van der Waals surface area contributed by atoms with E-state index in [-0.39, 0.29) is 5.91 Å². The van der Waals surface area contributed by atoms with E-state index in [0.29, 0.717) is 6.42 Å². The fourth-order valence-electron chi connectivity index (χ4n) is 2.53. The van der Waals surface area contributed by atoms with Gasteiger partial charge < -0.3 is 16.0 Å². The summed E-state index contributed by atoms with van der Waals surface area (Å²) in [7, 11) is 0. The number of benzene rings is 1. The van der Waals surface area contributed by atoms with Crippen molar-refractivity contribution < 1.29 is 4.79 Å². The van der Waals surface area contributed by atoms with Gasteiger partial charge in [-0.3, -0.25) is 4.79 Å². The molecule has 1 aromatic rings. The molecule has 4 nitrogen and oxygen atoms in total. The van der Waals surface area contributed by atoms with E-state index in [1.165, 1.54) is 24.9 Å². The minimum absolute atomic E-state index is 0.0387. The third-order valence-electron chi connectivity index (χ3n) is 3.49. The maximum Gasteiger partial charge on any atom is 0.226 e. The predicted octanol–water partition coefficient (Wildman–Crippen LogP) is 2.74. The van der Waals surface area contributed by atoms with Crippen molar-refractivity contribution >= 4 is 17.3 Å². The van der Waals surface area contributed by atoms with Crippen LogP contribution in [0.5, 0.6) is 0 Å². The maximum absolute atomic E-state index is 11.8. The molecule has 0 spiro atoms. The van der Waals surface area contributed by atoms with Crippen LogP contribution in [0.3, 0.4) is 0 Å². The van der Waals surface area contributed by atoms with Gasteiger partial charge in [0.05, 0.1) is 0 Å². The number of nitrogens with two attached hydrogens (primary N) is 1. The van der Waals surface area contributed by atoms with Gasteiger partial charge in [-0.1, -0.05) is 0 Å². The average molecular weight is 275 g/mol. The first-order chi connectivity index (χ1) is 9.44. The predicted molar refractivity (Wildman–Crippen MR) is 84.0 cm³/mol. The molecule has 1 heterocycles. The van der Waals surface area contributed by atoms with E-state index in [0.717, 1.165) is 18.8 Å². The highest BCUT2D eigenvalue weighted by Gasteiger charge is 2.16. The van der Waals surface area contributed by atoms with Gasteiger partial charge in [-0.2, -0.15) is 0 Å². The lowest BCUT2D eigenvalue weighted by Gasteiger charge is -2.28. The van der Waals surface area contributed by atoms with Gasteiger partial charge in [0.1, 0.15) is 0 Å². The van der Waals surface area contributed by atoms with Crippen molar-refractivity contribution in [2.24, 2.45) is 5.73 Å². The van der Waals surface area contributed by atoms with Crippen LogP contribution in [0.15, 0.2) is 24.3 Å². The summed E-state index contributed by atoms with van der Waals surface area (Å²) in [5.74, 6) is -0.0387. The lowest BCUT2D eigenvalue weighted by molar-refractivity contribution is -0.117. The van der Waals surface area contributed by atoms with Crippen molar-refractivity contribution in [3.63, 3.8) is 0 Å². The Morgan fingerprint density at radius 3 is 2.35 bits per heavy atom. The number of piperidine rings is 1. The zero-order valence-electron chi connectivity index (χ0n) is 12.5. The lowest BCUT2D eigenvalue weighted by atomic mass is 10.0. The minimum Gasteiger partial charge on any atom is -0.372 e. The summed E-state index contributed by atoms with van der Waals surface area (Å²) < 4.78 is 0. The number of nitrogens with zero attached hydrogens (tertiary/aromatic N) is 1. The molecule has 0 aromatic heterocycles. The smallest absolute Gasteiger partial charge is 0.226 e. The van der Waals surface area contributed by atoms with Crippen molar-refractivity contribution in [1.82, 2.24) is 0 Å². The summed E-state index contributed by atoms with van der Waals surface area (Å²) in [5, 5.41) is 2.89. The Bertz CT molecular complexity index is 442. The van der Waals surface area contributed by atoms with Gasteiger partial charge in [-0.05, 0) is 57.4 Å². The fourth-order valence-corrected chi connectivity index (χ4v) is 2.53. The van der Waals surface area contributed by atoms with Crippen LogP contribution in [0.1, 0.15) is 39.5 Å². The summed E-state index contributed by atoms with van der Waals surface area (Å²) in [5.41, 5.74) is 7.44. The number of amides is 1. The second kappa shape index (κ2) is 6.27. The lowest BCUT2D eigenvalue weighted by Crippen LogP contribution is -2.36. The third kappa shape index (κ3) is 4.53. The van der Waals surface area contributed by atoms with Gasteiger partial charge in [-0.15, -0.1) is 0 Å². The van der Waals surface area contributed by atoms with Crippen LogP contribution in [0.25, 0.3) is 0 Å². The Morgan fingerprint density at radius 1 is 1.20 bits per heavy atom. The molecule has 4 heteroatoms. The number of carbonyl (C=O) groups excluding carboxylic acids is 1. The van der Waals surface area contributed by atoms with Crippen LogP contribution in [-0.2, 0) is 4.79 Å². The first-order valence-corrected chi connectivity index (χ1v) is 7.38. The molecule has 1 amide bonds. The average Bonchev–Trinajstić information content (AvgIpc) is 2.38. The molecule has 0 bridgehead atoms. The first kappa shape index (κ1) is 14.9. The molecule has 20 heavy (non-hydrogen) atoms. The molecular formula is C16H25N3O. The van der Waals surface area contributed by atoms with Gasteiger partial charge in [0.25, 0.3) is 0 Å². The Kier molecular flexibility index (Phi) is 4.65. The number of anilines is 2. The second-order valence-corrected chi connectivity index (χ2v) is 6.31. The number of nitrogens with one attached hydrogen (secondary N) is 1. The molecule has 110 valence electrons. The van der Waals surface area contributed by atoms with Crippen LogP contribution in [0.4, 0.5) is 11.4 Å². The first-order valence-electron chi connectivity index (χ1n) is 7.38. The molecule has 1 saturated heterocycles.